The molecule has 37 heavy (non-hydrogen) atoms. The molecule has 200 valence electrons. The van der Waals surface area contributed by atoms with Gasteiger partial charge in [0.2, 0.25) is 0 Å². The monoisotopic (exact) mass is 523 g/mol. The number of anilines is 1. The van der Waals surface area contributed by atoms with Crippen LogP contribution in [-0.4, -0.2) is 54.9 Å². The van der Waals surface area contributed by atoms with Crippen LogP contribution in [0.15, 0.2) is 36.5 Å². The first-order valence-electron chi connectivity index (χ1n) is 12.2. The number of nitrogens with zero attached hydrogens (tertiary/aromatic N) is 2. The van der Waals surface area contributed by atoms with E-state index in [1.54, 1.807) is 18.2 Å². The third kappa shape index (κ3) is 6.13. The molecule has 0 spiro atoms. The molecule has 1 unspecified atom stereocenters. The fourth-order valence-electron chi connectivity index (χ4n) is 4.96. The molecule has 0 bridgehead atoms. The summed E-state index contributed by atoms with van der Waals surface area (Å²) in [5.41, 5.74) is -0.314. The Morgan fingerprint density at radius 3 is 2.57 bits per heavy atom. The second-order valence-electron chi connectivity index (χ2n) is 9.58. The highest BCUT2D eigenvalue weighted by Crippen LogP contribution is 2.40. The zero-order valence-corrected chi connectivity index (χ0v) is 20.5. The number of benzene rings is 2. The Balaban J connectivity index is 1.33. The Morgan fingerprint density at radius 1 is 1.11 bits per heavy atom. The van der Waals surface area contributed by atoms with Crippen LogP contribution < -0.4 is 10.1 Å². The summed E-state index contributed by atoms with van der Waals surface area (Å²) in [6, 6.07) is 6.31. The normalized spacial score (nSPS) is 16.6. The molecule has 0 saturated carbocycles. The summed E-state index contributed by atoms with van der Waals surface area (Å²) in [5, 5.41) is 13.2. The van der Waals surface area contributed by atoms with E-state index in [2.05, 4.69) is 15.2 Å². The molecule has 1 aliphatic heterocycles. The van der Waals surface area contributed by atoms with E-state index in [1.165, 1.54) is 7.11 Å². The largest absolute Gasteiger partial charge is 0.497 e. The number of halogens is 5. The minimum atomic E-state index is -1.58. The maximum atomic E-state index is 15.4. The van der Waals surface area contributed by atoms with Gasteiger partial charge in [-0.2, -0.15) is 0 Å². The number of alkyl halides is 1. The maximum Gasteiger partial charge on any atom is 0.182 e. The lowest BCUT2D eigenvalue weighted by Crippen LogP contribution is -2.43. The molecule has 1 aromatic heterocycles. The molecule has 10 heteroatoms. The number of methoxy groups -OCH3 is 1. The Hall–Kier alpha value is -2.98. The summed E-state index contributed by atoms with van der Waals surface area (Å²) < 4.78 is 75.8. The number of rotatable bonds is 10. The van der Waals surface area contributed by atoms with Crippen LogP contribution >= 0.6 is 0 Å². The Kier molecular flexibility index (Phi) is 8.49. The standard InChI is InChI=1S/C27H30F5N3O2/c1-37-18-2-3-23-19(14-18)25(22(31)15-34-23)20(29)4-5-27(16-36)6-9-35(10-7-27)11-8-33-24-13-17(28)12-21(30)26(24)32/h2-3,12-15,20,33,36H,4-11,16H2,1H3. The lowest BCUT2D eigenvalue weighted by Gasteiger charge is -2.41. The van der Waals surface area contributed by atoms with E-state index in [0.717, 1.165) is 12.3 Å². The SMILES string of the molecule is COc1ccc2ncc(F)c(C(F)CCC3(CO)CCN(CCNc4cc(F)cc(F)c4F)CC3)c2c1. The fraction of sp³-hybridized carbons (Fsp3) is 0.444. The average Bonchev–Trinajstić information content (AvgIpc) is 2.90. The topological polar surface area (TPSA) is 57.6 Å². The van der Waals surface area contributed by atoms with E-state index in [9.17, 15) is 22.7 Å². The van der Waals surface area contributed by atoms with Crippen molar-refractivity contribution >= 4 is 16.6 Å². The Morgan fingerprint density at radius 2 is 1.86 bits per heavy atom. The first kappa shape index (κ1) is 27.1. The predicted molar refractivity (Wildman–Crippen MR) is 131 cm³/mol. The molecular formula is C27H30F5N3O2. The zero-order valence-electron chi connectivity index (χ0n) is 20.5. The molecule has 2 aromatic carbocycles. The van der Waals surface area contributed by atoms with Crippen molar-refractivity contribution in [1.82, 2.24) is 9.88 Å². The summed E-state index contributed by atoms with van der Waals surface area (Å²) in [7, 11) is 1.48. The molecule has 3 aromatic rings. The van der Waals surface area contributed by atoms with E-state index in [-0.39, 0.29) is 30.8 Å². The molecule has 1 atom stereocenters. The van der Waals surface area contributed by atoms with Gasteiger partial charge >= 0.3 is 0 Å². The van der Waals surface area contributed by atoms with Crippen LogP contribution in [0.3, 0.4) is 0 Å². The van der Waals surface area contributed by atoms with E-state index in [1.807, 2.05) is 0 Å². The van der Waals surface area contributed by atoms with Crippen LogP contribution in [0, 0.1) is 28.7 Å². The number of fused-ring (bicyclic) bond motifs is 1. The van der Waals surface area contributed by atoms with Gasteiger partial charge in [0.25, 0.3) is 0 Å². The van der Waals surface area contributed by atoms with Gasteiger partial charge < -0.3 is 20.1 Å². The van der Waals surface area contributed by atoms with Crippen LogP contribution in [0.4, 0.5) is 27.6 Å². The van der Waals surface area contributed by atoms with Gasteiger partial charge in [0.05, 0.1) is 24.5 Å². The molecule has 1 fully saturated rings. The van der Waals surface area contributed by atoms with Crippen molar-refractivity contribution in [1.29, 1.82) is 0 Å². The molecule has 1 aliphatic rings. The third-order valence-corrected chi connectivity index (χ3v) is 7.30. The van der Waals surface area contributed by atoms with Crippen molar-refractivity contribution in [2.45, 2.75) is 31.9 Å². The molecule has 0 aliphatic carbocycles. The van der Waals surface area contributed by atoms with Gasteiger partial charge in [-0.25, -0.2) is 22.0 Å². The smallest absolute Gasteiger partial charge is 0.182 e. The minimum Gasteiger partial charge on any atom is -0.497 e. The van der Waals surface area contributed by atoms with Crippen molar-refractivity contribution in [3.63, 3.8) is 0 Å². The second-order valence-corrected chi connectivity index (χ2v) is 9.58. The van der Waals surface area contributed by atoms with Gasteiger partial charge in [0, 0.05) is 42.8 Å². The molecule has 4 rings (SSSR count). The van der Waals surface area contributed by atoms with Gasteiger partial charge in [-0.1, -0.05) is 0 Å². The van der Waals surface area contributed by atoms with Crippen molar-refractivity contribution < 1.29 is 31.8 Å². The van der Waals surface area contributed by atoms with Gasteiger partial charge in [0.1, 0.15) is 23.6 Å². The number of hydrogen-bond acceptors (Lipinski definition) is 5. The summed E-state index contributed by atoms with van der Waals surface area (Å²) in [6.07, 6.45) is 1.07. The first-order chi connectivity index (χ1) is 17.7. The highest BCUT2D eigenvalue weighted by atomic mass is 19.2. The number of hydrogen-bond donors (Lipinski definition) is 2. The number of pyridine rings is 1. The van der Waals surface area contributed by atoms with Crippen LogP contribution in [0.2, 0.25) is 0 Å². The van der Waals surface area contributed by atoms with E-state index < -0.39 is 34.9 Å². The van der Waals surface area contributed by atoms with Gasteiger partial charge in [-0.05, 0) is 62.4 Å². The zero-order chi connectivity index (χ0) is 26.6. The molecule has 2 heterocycles. The average molecular weight is 524 g/mol. The van der Waals surface area contributed by atoms with Crippen LogP contribution in [-0.2, 0) is 0 Å². The molecule has 2 N–H and O–H groups in total. The summed E-state index contributed by atoms with van der Waals surface area (Å²) in [4.78, 5) is 6.13. The van der Waals surface area contributed by atoms with E-state index in [4.69, 9.17) is 4.74 Å². The van der Waals surface area contributed by atoms with Crippen LogP contribution in [0.25, 0.3) is 10.9 Å². The highest BCUT2D eigenvalue weighted by Gasteiger charge is 2.35. The van der Waals surface area contributed by atoms with Crippen molar-refractivity contribution in [3.05, 3.63) is 65.4 Å². The Bertz CT molecular complexity index is 1230. The van der Waals surface area contributed by atoms with Crippen LogP contribution in [0.1, 0.15) is 37.4 Å². The number of nitrogens with one attached hydrogen (secondary N) is 1. The maximum absolute atomic E-state index is 15.4. The van der Waals surface area contributed by atoms with Gasteiger partial charge in [0.15, 0.2) is 11.6 Å². The molecule has 5 nitrogen and oxygen atoms in total. The lowest BCUT2D eigenvalue weighted by molar-refractivity contribution is 0.0314. The van der Waals surface area contributed by atoms with Gasteiger partial charge in [-0.15, -0.1) is 0 Å². The number of likely N-dealkylation sites (tertiary alicyclic amines) is 1. The molecular weight excluding hydrogens is 493 g/mol. The van der Waals surface area contributed by atoms with E-state index in [0.29, 0.717) is 61.6 Å². The van der Waals surface area contributed by atoms with Crippen molar-refractivity contribution in [2.24, 2.45) is 5.41 Å². The predicted octanol–water partition coefficient (Wildman–Crippen LogP) is 5.78. The number of aliphatic hydroxyl groups excluding tert-OH is 1. The summed E-state index contributed by atoms with van der Waals surface area (Å²) >= 11 is 0. The second kappa shape index (κ2) is 11.6. The minimum absolute atomic E-state index is 0.0414. The number of aliphatic hydroxyl groups is 1. The number of ether oxygens (including phenoxy) is 1. The third-order valence-electron chi connectivity index (χ3n) is 7.30. The quantitative estimate of drug-likeness (QED) is 0.261. The fourth-order valence-corrected chi connectivity index (χ4v) is 4.96. The molecule has 0 amide bonds. The first-order valence-corrected chi connectivity index (χ1v) is 12.2. The van der Waals surface area contributed by atoms with E-state index >= 15 is 4.39 Å². The highest BCUT2D eigenvalue weighted by molar-refractivity contribution is 5.84. The lowest BCUT2D eigenvalue weighted by atomic mass is 9.74. The summed E-state index contributed by atoms with van der Waals surface area (Å²) in [6.45, 7) is 1.88. The summed E-state index contributed by atoms with van der Waals surface area (Å²) in [5.74, 6) is -3.48. The van der Waals surface area contributed by atoms with Crippen LogP contribution in [0.5, 0.6) is 5.75 Å². The number of piperidine rings is 1. The van der Waals surface area contributed by atoms with Crippen molar-refractivity contribution in [3.8, 4) is 5.75 Å². The molecule has 1 saturated heterocycles. The molecule has 0 radical (unpaired) electrons. The van der Waals surface area contributed by atoms with Gasteiger partial charge in [-0.3, -0.25) is 4.98 Å². The van der Waals surface area contributed by atoms with Crippen molar-refractivity contribution in [2.75, 3.05) is 45.2 Å². The Labute approximate surface area is 212 Å². The number of aromatic nitrogens is 1.